The van der Waals surface area contributed by atoms with Gasteiger partial charge in [0, 0.05) is 12.2 Å². The fraction of sp³-hybridized carbons (Fsp3) is 0.333. The third kappa shape index (κ3) is 6.57. The number of hydrogen-bond donors (Lipinski definition) is 3. The molecule has 0 saturated carbocycles. The summed E-state index contributed by atoms with van der Waals surface area (Å²) in [5, 5.41) is 5.94. The van der Waals surface area contributed by atoms with E-state index in [0.29, 0.717) is 0 Å². The van der Waals surface area contributed by atoms with Crippen LogP contribution in [0.1, 0.15) is 38.8 Å². The van der Waals surface area contributed by atoms with Crippen LogP contribution >= 0.6 is 12.2 Å². The van der Waals surface area contributed by atoms with Crippen LogP contribution in [0.3, 0.4) is 0 Å². The van der Waals surface area contributed by atoms with Gasteiger partial charge in [0.05, 0.1) is 11.2 Å². The standard InChI is InChI=1S/C24H30BN3O4S/c1-23(2)24(3,4)32-25(31-23)19(14-18-12-8-9-13-20(18)28-21(26)33)15-27-22(29)30-16-17-10-6-5-7-11-17/h5-14H,15-16H2,1-4H3,(H,27,29)(H3,26,28,33). The predicted octanol–water partition coefficient (Wildman–Crippen LogP) is 4.28. The Morgan fingerprint density at radius 3 is 2.30 bits per heavy atom. The summed E-state index contributed by atoms with van der Waals surface area (Å²) in [5.41, 5.74) is 7.82. The van der Waals surface area contributed by atoms with Crippen molar-refractivity contribution in [1.82, 2.24) is 5.32 Å². The van der Waals surface area contributed by atoms with E-state index < -0.39 is 24.4 Å². The molecule has 1 heterocycles. The second-order valence-electron chi connectivity index (χ2n) is 8.80. The number of anilines is 1. The fourth-order valence-electron chi connectivity index (χ4n) is 3.21. The van der Waals surface area contributed by atoms with Gasteiger partial charge in [0.15, 0.2) is 5.11 Å². The number of amides is 1. The van der Waals surface area contributed by atoms with Crippen molar-refractivity contribution < 1.29 is 18.8 Å². The molecule has 0 aromatic heterocycles. The quantitative estimate of drug-likeness (QED) is 0.413. The van der Waals surface area contributed by atoms with Gasteiger partial charge in [0.1, 0.15) is 6.61 Å². The zero-order valence-electron chi connectivity index (χ0n) is 19.4. The molecule has 0 unspecified atom stereocenters. The Balaban J connectivity index is 1.79. The Morgan fingerprint density at radius 1 is 1.06 bits per heavy atom. The molecule has 4 N–H and O–H groups in total. The lowest BCUT2D eigenvalue weighted by molar-refractivity contribution is 0.00578. The largest absolute Gasteiger partial charge is 0.492 e. The molecule has 0 radical (unpaired) electrons. The molecular formula is C24H30BN3O4S. The van der Waals surface area contributed by atoms with Crippen molar-refractivity contribution in [1.29, 1.82) is 0 Å². The Bertz CT molecular complexity index is 1010. The third-order valence-electron chi connectivity index (χ3n) is 5.77. The Hall–Kier alpha value is -2.88. The molecule has 0 aliphatic carbocycles. The summed E-state index contributed by atoms with van der Waals surface area (Å²) in [5.74, 6) is 0. The smallest absolute Gasteiger partial charge is 0.445 e. The number of carbonyl (C=O) groups excluding carboxylic acids is 1. The summed E-state index contributed by atoms with van der Waals surface area (Å²) in [4.78, 5) is 12.4. The van der Waals surface area contributed by atoms with Gasteiger partial charge in [-0.1, -0.05) is 54.6 Å². The van der Waals surface area contributed by atoms with Crippen molar-refractivity contribution in [2.24, 2.45) is 5.73 Å². The second-order valence-corrected chi connectivity index (χ2v) is 9.24. The monoisotopic (exact) mass is 467 g/mol. The number of nitrogens with one attached hydrogen (secondary N) is 2. The van der Waals surface area contributed by atoms with E-state index in [2.05, 4.69) is 10.6 Å². The highest BCUT2D eigenvalue weighted by Gasteiger charge is 2.52. The number of rotatable bonds is 7. The molecular weight excluding hydrogens is 437 g/mol. The Labute approximate surface area is 200 Å². The van der Waals surface area contributed by atoms with Gasteiger partial charge in [-0.3, -0.25) is 0 Å². The predicted molar refractivity (Wildman–Crippen MR) is 136 cm³/mol. The van der Waals surface area contributed by atoms with Gasteiger partial charge < -0.3 is 30.4 Å². The minimum Gasteiger partial charge on any atom is -0.445 e. The van der Waals surface area contributed by atoms with Crippen LogP contribution in [-0.4, -0.2) is 36.1 Å². The SMILES string of the molecule is CC1(C)OB(C(=Cc2ccccc2NC(N)=S)CNC(=O)OCc2ccccc2)OC1(C)C. The molecule has 174 valence electrons. The number of carbonyl (C=O) groups is 1. The number of alkyl carbamates (subject to hydrolysis) is 1. The van der Waals surface area contributed by atoms with Crippen LogP contribution < -0.4 is 16.4 Å². The molecule has 1 amide bonds. The van der Waals surface area contributed by atoms with Crippen molar-refractivity contribution in [3.63, 3.8) is 0 Å². The van der Waals surface area contributed by atoms with E-state index in [9.17, 15) is 4.79 Å². The zero-order chi connectivity index (χ0) is 24.1. The van der Waals surface area contributed by atoms with Gasteiger partial charge in [-0.2, -0.15) is 0 Å². The molecule has 1 aliphatic heterocycles. The number of thiocarbonyl (C=S) groups is 1. The topological polar surface area (TPSA) is 94.8 Å². The van der Waals surface area contributed by atoms with Gasteiger partial charge in [-0.15, -0.1) is 0 Å². The van der Waals surface area contributed by atoms with Crippen LogP contribution in [0.4, 0.5) is 10.5 Å². The summed E-state index contributed by atoms with van der Waals surface area (Å²) in [6.45, 7) is 8.28. The van der Waals surface area contributed by atoms with Gasteiger partial charge in [-0.25, -0.2) is 4.79 Å². The summed E-state index contributed by atoms with van der Waals surface area (Å²) in [6.07, 6.45) is 1.37. The number of hydrogen-bond acceptors (Lipinski definition) is 5. The molecule has 7 nitrogen and oxygen atoms in total. The summed E-state index contributed by atoms with van der Waals surface area (Å²) >= 11 is 5.00. The maximum absolute atomic E-state index is 12.4. The number of para-hydroxylation sites is 1. The minimum absolute atomic E-state index is 0.163. The van der Waals surface area contributed by atoms with Crippen molar-refractivity contribution in [3.8, 4) is 0 Å². The van der Waals surface area contributed by atoms with Crippen molar-refractivity contribution in [2.45, 2.75) is 45.5 Å². The highest BCUT2D eigenvalue weighted by molar-refractivity contribution is 7.80. The lowest BCUT2D eigenvalue weighted by Gasteiger charge is -2.32. The van der Waals surface area contributed by atoms with E-state index in [1.807, 2.05) is 88.4 Å². The Kier molecular flexibility index (Phi) is 7.78. The molecule has 0 spiro atoms. The average Bonchev–Trinajstić information content (AvgIpc) is 2.98. The van der Waals surface area contributed by atoms with Crippen LogP contribution in [0.25, 0.3) is 6.08 Å². The fourth-order valence-corrected chi connectivity index (χ4v) is 3.32. The van der Waals surface area contributed by atoms with E-state index in [0.717, 1.165) is 22.3 Å². The molecule has 1 fully saturated rings. The minimum atomic E-state index is -0.651. The summed E-state index contributed by atoms with van der Waals surface area (Å²) in [7, 11) is -0.651. The molecule has 9 heteroatoms. The first-order chi connectivity index (χ1) is 15.6. The number of ether oxygens (including phenoxy) is 1. The van der Waals surface area contributed by atoms with E-state index in [1.165, 1.54) is 0 Å². The van der Waals surface area contributed by atoms with E-state index in [-0.39, 0.29) is 18.3 Å². The number of benzene rings is 2. The van der Waals surface area contributed by atoms with E-state index in [4.69, 9.17) is 32.0 Å². The lowest BCUT2D eigenvalue weighted by atomic mass is 9.77. The van der Waals surface area contributed by atoms with Crippen LogP contribution in [-0.2, 0) is 20.7 Å². The maximum Gasteiger partial charge on any atom is 0.492 e. The second kappa shape index (κ2) is 10.4. The molecule has 1 saturated heterocycles. The molecule has 3 rings (SSSR count). The van der Waals surface area contributed by atoms with Crippen molar-refractivity contribution in [2.75, 3.05) is 11.9 Å². The maximum atomic E-state index is 12.4. The first-order valence-electron chi connectivity index (χ1n) is 10.7. The molecule has 1 aliphatic rings. The zero-order valence-corrected chi connectivity index (χ0v) is 20.2. The van der Waals surface area contributed by atoms with Crippen LogP contribution in [0.15, 0.2) is 60.1 Å². The van der Waals surface area contributed by atoms with Gasteiger partial charge >= 0.3 is 13.2 Å². The summed E-state index contributed by atoms with van der Waals surface area (Å²) < 4.78 is 17.8. The highest BCUT2D eigenvalue weighted by atomic mass is 32.1. The van der Waals surface area contributed by atoms with Crippen molar-refractivity contribution >= 4 is 42.3 Å². The van der Waals surface area contributed by atoms with Crippen LogP contribution in [0, 0.1) is 0 Å². The van der Waals surface area contributed by atoms with Crippen LogP contribution in [0.2, 0.25) is 0 Å². The molecule has 2 aromatic rings. The Morgan fingerprint density at radius 2 is 1.67 bits per heavy atom. The molecule has 0 atom stereocenters. The third-order valence-corrected chi connectivity index (χ3v) is 5.87. The number of nitrogens with two attached hydrogens (primary N) is 1. The van der Waals surface area contributed by atoms with Gasteiger partial charge in [-0.05, 0) is 62.6 Å². The summed E-state index contributed by atoms with van der Waals surface area (Å²) in [6, 6.07) is 17.1. The van der Waals surface area contributed by atoms with Gasteiger partial charge in [0.25, 0.3) is 0 Å². The lowest BCUT2D eigenvalue weighted by Crippen LogP contribution is -2.41. The van der Waals surface area contributed by atoms with E-state index in [1.54, 1.807) is 0 Å². The van der Waals surface area contributed by atoms with E-state index >= 15 is 0 Å². The molecule has 2 aromatic carbocycles. The molecule has 0 bridgehead atoms. The molecule has 33 heavy (non-hydrogen) atoms. The first-order valence-corrected chi connectivity index (χ1v) is 11.1. The first kappa shape index (κ1) is 24.8. The highest BCUT2D eigenvalue weighted by Crippen LogP contribution is 2.39. The van der Waals surface area contributed by atoms with Gasteiger partial charge in [0.2, 0.25) is 0 Å². The normalized spacial score (nSPS) is 16.8. The average molecular weight is 467 g/mol. The van der Waals surface area contributed by atoms with Crippen LogP contribution in [0.5, 0.6) is 0 Å². The van der Waals surface area contributed by atoms with Crippen molar-refractivity contribution in [3.05, 3.63) is 71.2 Å².